The highest BCUT2D eigenvalue weighted by molar-refractivity contribution is 5.74. The van der Waals surface area contributed by atoms with Crippen LogP contribution in [-0.4, -0.2) is 30.0 Å². The molecule has 98 valence electrons. The lowest BCUT2D eigenvalue weighted by Gasteiger charge is -2.23. The molecule has 0 radical (unpaired) electrons. The van der Waals surface area contributed by atoms with Gasteiger partial charge in [0.25, 0.3) is 5.69 Å². The lowest BCUT2D eigenvalue weighted by molar-refractivity contribution is -0.385. The van der Waals surface area contributed by atoms with Gasteiger partial charge >= 0.3 is 0 Å². The smallest absolute Gasteiger partial charge is 0.273 e. The Hall–Kier alpha value is -2.19. The third kappa shape index (κ3) is 2.64. The van der Waals surface area contributed by atoms with Crippen LogP contribution in [0.25, 0.3) is 5.57 Å². The minimum atomic E-state index is -0.443. The summed E-state index contributed by atoms with van der Waals surface area (Å²) in [5.41, 5.74) is 2.86. The van der Waals surface area contributed by atoms with Crippen molar-refractivity contribution < 1.29 is 4.92 Å². The molecule has 1 aromatic carbocycles. The fourth-order valence-electron chi connectivity index (χ4n) is 2.34. The SMILES string of the molecule is Cc1cc(C2=CCCN(C)C2)c(C#N)cc1[N+](=O)[O-]. The number of nitriles is 1. The number of rotatable bonds is 2. The Morgan fingerprint density at radius 2 is 2.21 bits per heavy atom. The van der Waals surface area contributed by atoms with Crippen molar-refractivity contribution in [1.29, 1.82) is 5.26 Å². The summed E-state index contributed by atoms with van der Waals surface area (Å²) < 4.78 is 0. The largest absolute Gasteiger partial charge is 0.302 e. The molecular formula is C14H15N3O2. The number of hydrogen-bond acceptors (Lipinski definition) is 4. The molecule has 1 aliphatic heterocycles. The highest BCUT2D eigenvalue weighted by Gasteiger charge is 2.19. The summed E-state index contributed by atoms with van der Waals surface area (Å²) in [4.78, 5) is 12.6. The molecule has 0 aromatic heterocycles. The number of nitro benzene ring substituents is 1. The summed E-state index contributed by atoms with van der Waals surface area (Å²) in [5.74, 6) is 0. The standard InChI is InChI=1S/C14H15N3O2/c1-10-6-13(11-4-3-5-16(2)9-11)12(8-15)7-14(10)17(18)19/h4,6-7H,3,5,9H2,1-2H3. The lowest BCUT2D eigenvalue weighted by atomic mass is 9.94. The molecule has 0 N–H and O–H groups in total. The maximum absolute atomic E-state index is 10.9. The Bertz CT molecular complexity index is 599. The minimum Gasteiger partial charge on any atom is -0.302 e. The zero-order chi connectivity index (χ0) is 14.0. The van der Waals surface area contributed by atoms with Crippen LogP contribution in [0.2, 0.25) is 0 Å². The van der Waals surface area contributed by atoms with E-state index in [-0.39, 0.29) is 5.69 Å². The molecule has 1 heterocycles. The Morgan fingerprint density at radius 3 is 2.79 bits per heavy atom. The number of hydrogen-bond donors (Lipinski definition) is 0. The third-order valence-electron chi connectivity index (χ3n) is 3.34. The first-order valence-corrected chi connectivity index (χ1v) is 6.10. The van der Waals surface area contributed by atoms with E-state index in [1.807, 2.05) is 7.05 Å². The quantitative estimate of drug-likeness (QED) is 0.603. The van der Waals surface area contributed by atoms with Crippen molar-refractivity contribution in [2.75, 3.05) is 20.1 Å². The summed E-state index contributed by atoms with van der Waals surface area (Å²) >= 11 is 0. The predicted molar refractivity (Wildman–Crippen MR) is 72.6 cm³/mol. The van der Waals surface area contributed by atoms with E-state index in [9.17, 15) is 15.4 Å². The zero-order valence-electron chi connectivity index (χ0n) is 11.0. The van der Waals surface area contributed by atoms with E-state index in [2.05, 4.69) is 17.0 Å². The molecule has 0 aliphatic carbocycles. The summed E-state index contributed by atoms with van der Waals surface area (Å²) in [6, 6.07) is 5.19. The molecule has 0 atom stereocenters. The van der Waals surface area contributed by atoms with E-state index in [0.717, 1.165) is 30.6 Å². The molecule has 0 saturated heterocycles. The van der Waals surface area contributed by atoms with Crippen molar-refractivity contribution >= 4 is 11.3 Å². The second-order valence-electron chi connectivity index (χ2n) is 4.81. The van der Waals surface area contributed by atoms with Crippen LogP contribution in [0, 0.1) is 28.4 Å². The molecular weight excluding hydrogens is 242 g/mol. The summed E-state index contributed by atoms with van der Waals surface area (Å²) in [6.45, 7) is 3.47. The second kappa shape index (κ2) is 5.21. The highest BCUT2D eigenvalue weighted by Crippen LogP contribution is 2.29. The number of benzene rings is 1. The predicted octanol–water partition coefficient (Wildman–Crippen LogP) is 2.49. The first kappa shape index (κ1) is 13.2. The molecule has 5 nitrogen and oxygen atoms in total. The lowest BCUT2D eigenvalue weighted by Crippen LogP contribution is -2.25. The molecule has 0 spiro atoms. The van der Waals surface area contributed by atoms with Gasteiger partial charge in [0.1, 0.15) is 6.07 Å². The van der Waals surface area contributed by atoms with Crippen molar-refractivity contribution in [3.05, 3.63) is 45.0 Å². The van der Waals surface area contributed by atoms with Crippen molar-refractivity contribution in [2.45, 2.75) is 13.3 Å². The summed E-state index contributed by atoms with van der Waals surface area (Å²) in [6.07, 6.45) is 3.05. The molecule has 0 fully saturated rings. The molecule has 2 rings (SSSR count). The fourth-order valence-corrected chi connectivity index (χ4v) is 2.34. The second-order valence-corrected chi connectivity index (χ2v) is 4.81. The minimum absolute atomic E-state index is 0.00469. The monoisotopic (exact) mass is 257 g/mol. The van der Waals surface area contributed by atoms with Crippen LogP contribution in [0.15, 0.2) is 18.2 Å². The van der Waals surface area contributed by atoms with Crippen LogP contribution in [0.5, 0.6) is 0 Å². The van der Waals surface area contributed by atoms with Crippen molar-refractivity contribution in [1.82, 2.24) is 4.90 Å². The van der Waals surface area contributed by atoms with Gasteiger partial charge in [0.2, 0.25) is 0 Å². The highest BCUT2D eigenvalue weighted by atomic mass is 16.6. The van der Waals surface area contributed by atoms with Gasteiger partial charge in [-0.2, -0.15) is 5.26 Å². The fraction of sp³-hybridized carbons (Fsp3) is 0.357. The van der Waals surface area contributed by atoms with Crippen LogP contribution in [0.3, 0.4) is 0 Å². The van der Waals surface area contributed by atoms with E-state index in [1.165, 1.54) is 6.07 Å². The Kier molecular flexibility index (Phi) is 3.63. The summed E-state index contributed by atoms with van der Waals surface area (Å²) in [7, 11) is 2.03. The van der Waals surface area contributed by atoms with E-state index in [1.54, 1.807) is 13.0 Å². The van der Waals surface area contributed by atoms with Crippen molar-refractivity contribution in [3.8, 4) is 6.07 Å². The molecule has 1 aromatic rings. The van der Waals surface area contributed by atoms with Gasteiger partial charge in [0, 0.05) is 24.7 Å². The molecule has 1 aliphatic rings. The number of nitrogens with zero attached hydrogens (tertiary/aromatic N) is 3. The van der Waals surface area contributed by atoms with E-state index < -0.39 is 4.92 Å². The molecule has 19 heavy (non-hydrogen) atoms. The van der Waals surface area contributed by atoms with Gasteiger partial charge in [-0.05, 0) is 37.6 Å². The van der Waals surface area contributed by atoms with E-state index in [4.69, 9.17) is 0 Å². The first-order chi connectivity index (χ1) is 9.02. The molecule has 0 amide bonds. The zero-order valence-corrected chi connectivity index (χ0v) is 11.0. The normalized spacial score (nSPS) is 15.7. The van der Waals surface area contributed by atoms with Crippen LogP contribution >= 0.6 is 0 Å². The van der Waals surface area contributed by atoms with Gasteiger partial charge in [0.05, 0.1) is 10.5 Å². The maximum atomic E-state index is 10.9. The van der Waals surface area contributed by atoms with Gasteiger partial charge in [0.15, 0.2) is 0 Å². The van der Waals surface area contributed by atoms with Crippen LogP contribution in [-0.2, 0) is 0 Å². The first-order valence-electron chi connectivity index (χ1n) is 6.10. The molecule has 5 heteroatoms. The van der Waals surface area contributed by atoms with E-state index >= 15 is 0 Å². The van der Waals surface area contributed by atoms with Gasteiger partial charge in [-0.25, -0.2) is 0 Å². The maximum Gasteiger partial charge on any atom is 0.273 e. The van der Waals surface area contributed by atoms with Crippen molar-refractivity contribution in [2.24, 2.45) is 0 Å². The third-order valence-corrected chi connectivity index (χ3v) is 3.34. The Labute approximate surface area is 111 Å². The number of aryl methyl sites for hydroxylation is 1. The van der Waals surface area contributed by atoms with Crippen LogP contribution < -0.4 is 0 Å². The van der Waals surface area contributed by atoms with Crippen LogP contribution in [0.4, 0.5) is 5.69 Å². The average molecular weight is 257 g/mol. The van der Waals surface area contributed by atoms with E-state index in [0.29, 0.717) is 11.1 Å². The Balaban J connectivity index is 2.52. The average Bonchev–Trinajstić information content (AvgIpc) is 2.38. The van der Waals surface area contributed by atoms with Gasteiger partial charge < -0.3 is 4.90 Å². The van der Waals surface area contributed by atoms with Gasteiger partial charge in [-0.15, -0.1) is 0 Å². The number of nitro groups is 1. The molecule has 0 bridgehead atoms. The topological polar surface area (TPSA) is 70.2 Å². The van der Waals surface area contributed by atoms with Crippen LogP contribution in [0.1, 0.15) is 23.1 Å². The van der Waals surface area contributed by atoms with Crippen molar-refractivity contribution in [3.63, 3.8) is 0 Å². The van der Waals surface area contributed by atoms with Gasteiger partial charge in [-0.3, -0.25) is 10.1 Å². The summed E-state index contributed by atoms with van der Waals surface area (Å²) in [5, 5.41) is 20.1. The molecule has 0 saturated carbocycles. The molecule has 0 unspecified atom stereocenters. The van der Waals surface area contributed by atoms with Gasteiger partial charge in [-0.1, -0.05) is 6.08 Å². The Morgan fingerprint density at radius 1 is 1.47 bits per heavy atom. The number of likely N-dealkylation sites (N-methyl/N-ethyl adjacent to an activating group) is 1.